The number of hydrogen-bond acceptors (Lipinski definition) is 5. The minimum atomic E-state index is -1.11. The molecule has 1 aromatic carbocycles. The van der Waals surface area contributed by atoms with Crippen molar-refractivity contribution in [1.82, 2.24) is 20.4 Å². The second kappa shape index (κ2) is 11.4. The number of carbonyl (C=O) groups is 2. The van der Waals surface area contributed by atoms with E-state index in [0.717, 1.165) is 31.2 Å². The first-order valence-electron chi connectivity index (χ1n) is 12.4. The lowest BCUT2D eigenvalue weighted by Gasteiger charge is -2.32. The van der Waals surface area contributed by atoms with Gasteiger partial charge < -0.3 is 25.2 Å². The van der Waals surface area contributed by atoms with Gasteiger partial charge in [-0.25, -0.2) is 4.79 Å². The standard InChI is InChI=1S/C26H35N5O3/c27-19-26(11-12-30(20-26)18-22-9-5-2-6-10-22)29-24(32)23(17-21-7-3-1-4-8-21)28-25(33)31-13-15-34-16-14-31/h2,5-6,9-12,21,23H,1,3-4,7-8,13-18,20H2,(H,28,33)(H,29,32). The molecule has 1 aromatic rings. The maximum absolute atomic E-state index is 13.4. The van der Waals surface area contributed by atoms with Gasteiger partial charge in [0.05, 0.1) is 25.8 Å². The van der Waals surface area contributed by atoms with Crippen molar-refractivity contribution in [3.8, 4) is 6.07 Å². The zero-order valence-corrected chi connectivity index (χ0v) is 19.7. The molecule has 0 spiro atoms. The third-order valence-electron chi connectivity index (χ3n) is 7.00. The molecule has 182 valence electrons. The molecule has 2 aliphatic heterocycles. The monoisotopic (exact) mass is 465 g/mol. The van der Waals surface area contributed by atoms with E-state index >= 15 is 0 Å². The van der Waals surface area contributed by atoms with Crippen LogP contribution in [0.3, 0.4) is 0 Å². The van der Waals surface area contributed by atoms with Crippen molar-refractivity contribution in [2.24, 2.45) is 5.92 Å². The zero-order chi connectivity index (χ0) is 23.8. The Kier molecular flexibility index (Phi) is 8.07. The maximum Gasteiger partial charge on any atom is 0.318 e. The molecule has 0 radical (unpaired) electrons. The van der Waals surface area contributed by atoms with E-state index < -0.39 is 11.6 Å². The summed E-state index contributed by atoms with van der Waals surface area (Å²) in [4.78, 5) is 30.1. The number of benzene rings is 1. The van der Waals surface area contributed by atoms with Crippen LogP contribution in [0.1, 0.15) is 44.1 Å². The van der Waals surface area contributed by atoms with Gasteiger partial charge in [-0.15, -0.1) is 0 Å². The van der Waals surface area contributed by atoms with Crippen molar-refractivity contribution in [1.29, 1.82) is 5.26 Å². The minimum absolute atomic E-state index is 0.238. The van der Waals surface area contributed by atoms with Gasteiger partial charge in [0.15, 0.2) is 5.54 Å². The average molecular weight is 466 g/mol. The van der Waals surface area contributed by atoms with Crippen LogP contribution in [0.25, 0.3) is 0 Å². The number of carbonyl (C=O) groups excluding carboxylic acids is 2. The molecule has 2 atom stereocenters. The fraction of sp³-hybridized carbons (Fsp3) is 0.577. The Hall–Kier alpha value is -3.05. The van der Waals surface area contributed by atoms with Crippen LogP contribution in [0.2, 0.25) is 0 Å². The Morgan fingerprint density at radius 1 is 1.15 bits per heavy atom. The van der Waals surface area contributed by atoms with E-state index in [0.29, 0.717) is 51.7 Å². The molecule has 1 saturated heterocycles. The number of nitrogens with one attached hydrogen (secondary N) is 2. The number of nitrogens with zero attached hydrogens (tertiary/aromatic N) is 3. The van der Waals surface area contributed by atoms with E-state index in [9.17, 15) is 14.9 Å². The SMILES string of the molecule is N#CC1(NC(=O)C(CC2CCCCC2)NC(=O)N2CCOCC2)C=CN(Cc2ccccc2)C1. The molecule has 8 nitrogen and oxygen atoms in total. The molecule has 0 aromatic heterocycles. The predicted molar refractivity (Wildman–Crippen MR) is 128 cm³/mol. The van der Waals surface area contributed by atoms with Gasteiger partial charge >= 0.3 is 6.03 Å². The molecule has 8 heteroatoms. The van der Waals surface area contributed by atoms with Gasteiger partial charge in [-0.3, -0.25) is 4.79 Å². The molecule has 2 heterocycles. The van der Waals surface area contributed by atoms with Crippen molar-refractivity contribution in [3.05, 3.63) is 48.2 Å². The molecular weight excluding hydrogens is 430 g/mol. The summed E-state index contributed by atoms with van der Waals surface area (Å²) in [5.41, 5.74) is 0.0283. The van der Waals surface area contributed by atoms with Crippen molar-refractivity contribution in [3.63, 3.8) is 0 Å². The first-order valence-corrected chi connectivity index (χ1v) is 12.4. The van der Waals surface area contributed by atoms with Crippen LogP contribution in [-0.4, -0.2) is 66.2 Å². The highest BCUT2D eigenvalue weighted by molar-refractivity contribution is 5.88. The van der Waals surface area contributed by atoms with Crippen LogP contribution >= 0.6 is 0 Å². The van der Waals surface area contributed by atoms with Gasteiger partial charge in [-0.1, -0.05) is 62.4 Å². The summed E-state index contributed by atoms with van der Waals surface area (Å²) in [6.07, 6.45) is 9.93. The maximum atomic E-state index is 13.4. The number of hydrogen-bond donors (Lipinski definition) is 2. The zero-order valence-electron chi connectivity index (χ0n) is 19.7. The third kappa shape index (κ3) is 6.29. The lowest BCUT2D eigenvalue weighted by molar-refractivity contribution is -0.124. The molecule has 2 fully saturated rings. The molecule has 3 aliphatic rings. The van der Waals surface area contributed by atoms with Gasteiger partial charge in [0.2, 0.25) is 5.91 Å². The fourth-order valence-corrected chi connectivity index (χ4v) is 5.07. The van der Waals surface area contributed by atoms with E-state index in [1.807, 2.05) is 41.4 Å². The number of amides is 3. The van der Waals surface area contributed by atoms with Crippen LogP contribution in [0.4, 0.5) is 4.79 Å². The Balaban J connectivity index is 1.41. The number of rotatable bonds is 7. The topological polar surface area (TPSA) is 97.7 Å². The summed E-state index contributed by atoms with van der Waals surface area (Å²) in [5, 5.41) is 15.9. The smallest absolute Gasteiger partial charge is 0.318 e. The molecule has 1 aliphatic carbocycles. The highest BCUT2D eigenvalue weighted by Gasteiger charge is 2.38. The predicted octanol–water partition coefficient (Wildman–Crippen LogP) is 2.78. The molecule has 2 N–H and O–H groups in total. The first kappa shape index (κ1) is 24.1. The number of urea groups is 1. The highest BCUT2D eigenvalue weighted by atomic mass is 16.5. The van der Waals surface area contributed by atoms with Crippen molar-refractivity contribution >= 4 is 11.9 Å². The summed E-state index contributed by atoms with van der Waals surface area (Å²) in [6, 6.07) is 11.4. The van der Waals surface area contributed by atoms with Crippen LogP contribution in [0, 0.1) is 17.2 Å². The summed E-state index contributed by atoms with van der Waals surface area (Å²) in [6.45, 7) is 3.08. The molecule has 2 unspecified atom stereocenters. The Morgan fingerprint density at radius 2 is 1.88 bits per heavy atom. The number of morpholine rings is 1. The molecule has 4 rings (SSSR count). The van der Waals surface area contributed by atoms with Crippen LogP contribution in [0.5, 0.6) is 0 Å². The number of nitriles is 1. The summed E-state index contributed by atoms with van der Waals surface area (Å²) < 4.78 is 5.34. The largest absolute Gasteiger partial charge is 0.378 e. The molecule has 1 saturated carbocycles. The van der Waals surface area contributed by atoms with Gasteiger partial charge in [-0.2, -0.15) is 5.26 Å². The van der Waals surface area contributed by atoms with E-state index in [1.165, 1.54) is 6.42 Å². The highest BCUT2D eigenvalue weighted by Crippen LogP contribution is 2.28. The van der Waals surface area contributed by atoms with E-state index in [2.05, 4.69) is 16.7 Å². The summed E-state index contributed by atoms with van der Waals surface area (Å²) in [5.74, 6) is 0.112. The Labute approximate surface area is 201 Å². The van der Waals surface area contributed by atoms with Crippen LogP contribution in [0.15, 0.2) is 42.6 Å². The lowest BCUT2D eigenvalue weighted by Crippen LogP contribution is -2.58. The van der Waals surface area contributed by atoms with Crippen molar-refractivity contribution in [2.45, 2.75) is 56.7 Å². The van der Waals surface area contributed by atoms with Crippen molar-refractivity contribution < 1.29 is 14.3 Å². The average Bonchev–Trinajstić information content (AvgIpc) is 3.28. The van der Waals surface area contributed by atoms with E-state index in [1.54, 1.807) is 11.0 Å². The summed E-state index contributed by atoms with van der Waals surface area (Å²) in [7, 11) is 0. The molecule has 0 bridgehead atoms. The van der Waals surface area contributed by atoms with Gasteiger partial charge in [0.25, 0.3) is 0 Å². The Morgan fingerprint density at radius 3 is 2.59 bits per heavy atom. The van der Waals surface area contributed by atoms with Crippen LogP contribution in [-0.2, 0) is 16.1 Å². The number of ether oxygens (including phenoxy) is 1. The van der Waals surface area contributed by atoms with Gasteiger partial charge in [0.1, 0.15) is 6.04 Å². The van der Waals surface area contributed by atoms with E-state index in [4.69, 9.17) is 4.74 Å². The van der Waals surface area contributed by atoms with Crippen molar-refractivity contribution in [2.75, 3.05) is 32.8 Å². The second-order valence-corrected chi connectivity index (χ2v) is 9.62. The minimum Gasteiger partial charge on any atom is -0.378 e. The third-order valence-corrected chi connectivity index (χ3v) is 7.00. The lowest BCUT2D eigenvalue weighted by atomic mass is 9.84. The second-order valence-electron chi connectivity index (χ2n) is 9.62. The first-order chi connectivity index (χ1) is 16.6. The normalized spacial score (nSPS) is 23.9. The van der Waals surface area contributed by atoms with Gasteiger partial charge in [0, 0.05) is 19.6 Å². The molecule has 34 heavy (non-hydrogen) atoms. The quantitative estimate of drug-likeness (QED) is 0.645. The fourth-order valence-electron chi connectivity index (χ4n) is 5.07. The van der Waals surface area contributed by atoms with E-state index in [-0.39, 0.29) is 11.9 Å². The molecule has 3 amide bonds. The molecular formula is C26H35N5O3. The summed E-state index contributed by atoms with van der Waals surface area (Å²) >= 11 is 0. The van der Waals surface area contributed by atoms with Crippen LogP contribution < -0.4 is 10.6 Å². The Bertz CT molecular complexity index is 903. The van der Waals surface area contributed by atoms with Gasteiger partial charge in [-0.05, 0) is 30.2 Å².